The van der Waals surface area contributed by atoms with Gasteiger partial charge >= 0.3 is 0 Å². The molecule has 0 amide bonds. The van der Waals surface area contributed by atoms with Crippen LogP contribution in [-0.4, -0.2) is 34.7 Å². The Morgan fingerprint density at radius 1 is 1.29 bits per heavy atom. The minimum absolute atomic E-state index is 0.00103. The van der Waals surface area contributed by atoms with Crippen LogP contribution in [0.1, 0.15) is 6.42 Å². The maximum absolute atomic E-state index is 12.8. The van der Waals surface area contributed by atoms with Crippen molar-refractivity contribution in [3.8, 4) is 0 Å². The van der Waals surface area contributed by atoms with Crippen molar-refractivity contribution < 1.29 is 12.8 Å². The zero-order chi connectivity index (χ0) is 15.5. The Kier molecular flexibility index (Phi) is 4.84. The van der Waals surface area contributed by atoms with E-state index in [1.165, 1.54) is 23.9 Å². The fraction of sp³-hybridized carbons (Fsp3) is 0.333. The molecule has 1 aromatic carbocycles. The zero-order valence-corrected chi connectivity index (χ0v) is 13.0. The predicted octanol–water partition coefficient (Wildman–Crippen LogP) is 1.49. The third-order valence-electron chi connectivity index (χ3n) is 2.83. The van der Waals surface area contributed by atoms with E-state index in [-0.39, 0.29) is 10.6 Å². The predicted molar refractivity (Wildman–Crippen MR) is 79.2 cm³/mol. The Balaban J connectivity index is 1.88. The van der Waals surface area contributed by atoms with Crippen molar-refractivity contribution in [3.63, 3.8) is 0 Å². The summed E-state index contributed by atoms with van der Waals surface area (Å²) in [6.45, 7) is 0. The summed E-state index contributed by atoms with van der Waals surface area (Å²) in [6.07, 6.45) is 0.455. The molecule has 0 radical (unpaired) electrons. The minimum atomic E-state index is -3.38. The summed E-state index contributed by atoms with van der Waals surface area (Å²) in [6, 6.07) is 4.84. The minimum Gasteiger partial charge on any atom is -0.368 e. The summed E-state index contributed by atoms with van der Waals surface area (Å²) in [5.41, 5.74) is 5.55. The van der Waals surface area contributed by atoms with Gasteiger partial charge in [0.15, 0.2) is 15.0 Å². The maximum atomic E-state index is 12.8. The molecule has 0 atom stereocenters. The number of nitrogens with two attached hydrogens (primary N) is 1. The van der Waals surface area contributed by atoms with Crippen LogP contribution in [0.5, 0.6) is 0 Å². The average molecular weight is 330 g/mol. The highest BCUT2D eigenvalue weighted by Gasteiger charge is 2.14. The molecule has 21 heavy (non-hydrogen) atoms. The van der Waals surface area contributed by atoms with Crippen LogP contribution >= 0.6 is 11.8 Å². The molecule has 0 aliphatic heterocycles. The van der Waals surface area contributed by atoms with E-state index in [9.17, 15) is 12.8 Å². The van der Waals surface area contributed by atoms with Crippen LogP contribution in [0.2, 0.25) is 0 Å². The summed E-state index contributed by atoms with van der Waals surface area (Å²) in [4.78, 5) is 0.136. The molecule has 0 bridgehead atoms. The van der Waals surface area contributed by atoms with E-state index < -0.39 is 15.7 Å². The molecule has 0 saturated heterocycles. The van der Waals surface area contributed by atoms with Gasteiger partial charge in [0, 0.05) is 12.8 Å². The van der Waals surface area contributed by atoms with Gasteiger partial charge < -0.3 is 5.73 Å². The van der Waals surface area contributed by atoms with Gasteiger partial charge in [0.1, 0.15) is 5.82 Å². The quantitative estimate of drug-likeness (QED) is 0.490. The highest BCUT2D eigenvalue weighted by Crippen LogP contribution is 2.19. The van der Waals surface area contributed by atoms with Gasteiger partial charge in [-0.1, -0.05) is 11.8 Å². The van der Waals surface area contributed by atoms with Gasteiger partial charge in [-0.15, -0.1) is 10.2 Å². The zero-order valence-electron chi connectivity index (χ0n) is 11.4. The Hall–Kier alpha value is -1.61. The fourth-order valence-corrected chi connectivity index (χ4v) is 3.97. The number of thioether (sulfide) groups is 1. The third-order valence-corrected chi connectivity index (χ3v) is 5.75. The number of sulfone groups is 1. The third kappa shape index (κ3) is 3.94. The standard InChI is InChI=1S/C12H15FN4O2S2/c1-17-11(14)15-16-12(17)20-7-2-8-21(18,19)10-5-3-9(13)4-6-10/h3-6H,2,7-8H2,1H3,(H2,14,15). The van der Waals surface area contributed by atoms with Crippen molar-refractivity contribution in [3.05, 3.63) is 30.1 Å². The van der Waals surface area contributed by atoms with Gasteiger partial charge in [0.2, 0.25) is 5.95 Å². The SMILES string of the molecule is Cn1c(N)nnc1SCCCS(=O)(=O)c1ccc(F)cc1. The van der Waals surface area contributed by atoms with Gasteiger partial charge in [0.05, 0.1) is 10.6 Å². The van der Waals surface area contributed by atoms with E-state index in [1.54, 1.807) is 11.6 Å². The molecule has 9 heteroatoms. The first-order chi connectivity index (χ1) is 9.90. The molecule has 2 N–H and O–H groups in total. The Bertz CT molecular complexity index is 713. The Morgan fingerprint density at radius 3 is 2.52 bits per heavy atom. The van der Waals surface area contributed by atoms with Gasteiger partial charge in [-0.3, -0.25) is 4.57 Å². The lowest BCUT2D eigenvalue weighted by atomic mass is 10.4. The molecule has 1 heterocycles. The smallest absolute Gasteiger partial charge is 0.222 e. The van der Waals surface area contributed by atoms with Crippen LogP contribution in [0.3, 0.4) is 0 Å². The van der Waals surface area contributed by atoms with Crippen molar-refractivity contribution in [1.29, 1.82) is 0 Å². The number of nitrogen functional groups attached to an aromatic ring is 1. The van der Waals surface area contributed by atoms with Crippen molar-refractivity contribution in [2.75, 3.05) is 17.2 Å². The van der Waals surface area contributed by atoms with Gasteiger partial charge in [-0.25, -0.2) is 12.8 Å². The molecule has 2 aromatic rings. The largest absolute Gasteiger partial charge is 0.368 e. The first-order valence-electron chi connectivity index (χ1n) is 6.16. The molecule has 6 nitrogen and oxygen atoms in total. The molecule has 2 rings (SSSR count). The molecule has 1 aromatic heterocycles. The fourth-order valence-electron chi connectivity index (χ4n) is 1.62. The van der Waals surface area contributed by atoms with E-state index in [2.05, 4.69) is 10.2 Å². The van der Waals surface area contributed by atoms with E-state index in [0.29, 0.717) is 23.3 Å². The molecule has 0 spiro atoms. The van der Waals surface area contributed by atoms with Crippen LogP contribution in [0.25, 0.3) is 0 Å². The van der Waals surface area contributed by atoms with E-state index in [0.717, 1.165) is 12.1 Å². The number of hydrogen-bond acceptors (Lipinski definition) is 6. The summed E-state index contributed by atoms with van der Waals surface area (Å²) < 4.78 is 38.5. The molecule has 0 aliphatic rings. The first-order valence-corrected chi connectivity index (χ1v) is 8.80. The van der Waals surface area contributed by atoms with Crippen molar-refractivity contribution in [1.82, 2.24) is 14.8 Å². The second-order valence-electron chi connectivity index (χ2n) is 4.37. The van der Waals surface area contributed by atoms with Crippen LogP contribution < -0.4 is 5.73 Å². The molecule has 0 fully saturated rings. The number of rotatable bonds is 6. The monoisotopic (exact) mass is 330 g/mol. The molecular weight excluding hydrogens is 315 g/mol. The average Bonchev–Trinajstić information content (AvgIpc) is 2.76. The van der Waals surface area contributed by atoms with Gasteiger partial charge in [0.25, 0.3) is 0 Å². The van der Waals surface area contributed by atoms with Crippen molar-refractivity contribution in [2.24, 2.45) is 7.05 Å². The van der Waals surface area contributed by atoms with E-state index in [4.69, 9.17) is 5.73 Å². The lowest BCUT2D eigenvalue weighted by Gasteiger charge is -2.04. The van der Waals surface area contributed by atoms with Crippen LogP contribution in [0.4, 0.5) is 10.3 Å². The second kappa shape index (κ2) is 6.44. The highest BCUT2D eigenvalue weighted by molar-refractivity contribution is 7.99. The number of nitrogens with zero attached hydrogens (tertiary/aromatic N) is 3. The van der Waals surface area contributed by atoms with Crippen LogP contribution in [0, 0.1) is 5.82 Å². The normalized spacial score (nSPS) is 11.7. The number of hydrogen-bond donors (Lipinski definition) is 1. The number of anilines is 1. The molecular formula is C12H15FN4O2S2. The number of benzene rings is 1. The highest BCUT2D eigenvalue weighted by atomic mass is 32.2. The summed E-state index contributed by atoms with van der Waals surface area (Å²) in [5, 5.41) is 8.24. The van der Waals surface area contributed by atoms with Gasteiger partial charge in [-0.2, -0.15) is 0 Å². The maximum Gasteiger partial charge on any atom is 0.222 e. The summed E-state index contributed by atoms with van der Waals surface area (Å²) in [5.74, 6) is 0.437. The Morgan fingerprint density at radius 2 is 1.95 bits per heavy atom. The lowest BCUT2D eigenvalue weighted by Crippen LogP contribution is -2.08. The number of aromatic nitrogens is 3. The molecule has 0 unspecified atom stereocenters. The molecule has 0 saturated carbocycles. The van der Waals surface area contributed by atoms with Crippen molar-refractivity contribution in [2.45, 2.75) is 16.5 Å². The van der Waals surface area contributed by atoms with Crippen molar-refractivity contribution >= 4 is 27.5 Å². The van der Waals surface area contributed by atoms with E-state index in [1.807, 2.05) is 0 Å². The summed E-state index contributed by atoms with van der Waals surface area (Å²) in [7, 11) is -1.64. The lowest BCUT2D eigenvalue weighted by molar-refractivity contribution is 0.593. The Labute approximate surface area is 126 Å². The summed E-state index contributed by atoms with van der Waals surface area (Å²) >= 11 is 1.39. The first kappa shape index (κ1) is 15.8. The van der Waals surface area contributed by atoms with E-state index >= 15 is 0 Å². The number of halogens is 1. The van der Waals surface area contributed by atoms with Crippen LogP contribution in [0.15, 0.2) is 34.3 Å². The van der Waals surface area contributed by atoms with Crippen LogP contribution in [-0.2, 0) is 16.9 Å². The topological polar surface area (TPSA) is 90.9 Å². The van der Waals surface area contributed by atoms with Gasteiger partial charge in [-0.05, 0) is 30.7 Å². The molecule has 114 valence electrons. The molecule has 0 aliphatic carbocycles. The second-order valence-corrected chi connectivity index (χ2v) is 7.55.